The van der Waals surface area contributed by atoms with Gasteiger partial charge in [0.05, 0.1) is 11.1 Å². The van der Waals surface area contributed by atoms with Crippen LogP contribution >= 0.6 is 11.6 Å². The van der Waals surface area contributed by atoms with E-state index in [2.05, 4.69) is 20.6 Å². The van der Waals surface area contributed by atoms with E-state index in [1.807, 2.05) is 6.07 Å². The molecule has 5 rings (SSSR count). The largest absolute Gasteiger partial charge is 0.454 e. The molecule has 0 bridgehead atoms. The summed E-state index contributed by atoms with van der Waals surface area (Å²) in [6.45, 7) is 1.23. The second-order valence-electron chi connectivity index (χ2n) is 7.78. The summed E-state index contributed by atoms with van der Waals surface area (Å²) in [7, 11) is 0. The number of fused-ring (bicyclic) bond motifs is 1. The Kier molecular flexibility index (Phi) is 5.89. The number of nitrogens with one attached hydrogen (secondary N) is 2. The number of aromatic nitrogens is 2. The van der Waals surface area contributed by atoms with E-state index < -0.39 is 0 Å². The maximum Gasteiger partial charge on any atom is 0.253 e. The summed E-state index contributed by atoms with van der Waals surface area (Å²) in [4.78, 5) is 23.4. The van der Waals surface area contributed by atoms with Gasteiger partial charge in [-0.1, -0.05) is 17.7 Å². The van der Waals surface area contributed by atoms with E-state index in [1.54, 1.807) is 47.5 Å². The fourth-order valence-corrected chi connectivity index (χ4v) is 3.99. The lowest BCUT2D eigenvalue weighted by atomic mass is 10.1. The molecule has 33 heavy (non-hydrogen) atoms. The van der Waals surface area contributed by atoms with Gasteiger partial charge in [-0.3, -0.25) is 4.79 Å². The molecule has 1 aromatic heterocycles. The van der Waals surface area contributed by atoms with Crippen LogP contribution < -0.4 is 20.1 Å². The van der Waals surface area contributed by atoms with E-state index in [0.717, 1.165) is 0 Å². The molecule has 9 nitrogen and oxygen atoms in total. The maximum atomic E-state index is 12.8. The van der Waals surface area contributed by atoms with Gasteiger partial charge in [0.1, 0.15) is 11.5 Å². The molecule has 2 aliphatic heterocycles. The molecule has 3 heterocycles. The molecule has 1 fully saturated rings. The Morgan fingerprint density at radius 3 is 2.82 bits per heavy atom. The highest BCUT2D eigenvalue weighted by atomic mass is 35.5. The van der Waals surface area contributed by atoms with Crippen LogP contribution in [-0.4, -0.2) is 51.9 Å². The minimum absolute atomic E-state index is 0.0586. The monoisotopic (exact) mass is 467 g/mol. The summed E-state index contributed by atoms with van der Waals surface area (Å²) in [6.07, 6.45) is 2.48. The molecule has 170 valence electrons. The molecule has 0 saturated carbocycles. The average Bonchev–Trinajstić information content (AvgIpc) is 3.31. The average molecular weight is 468 g/mol. The van der Waals surface area contributed by atoms with Gasteiger partial charge in [-0.2, -0.15) is 4.98 Å². The third-order valence-corrected chi connectivity index (χ3v) is 5.83. The van der Waals surface area contributed by atoms with Gasteiger partial charge >= 0.3 is 0 Å². The smallest absolute Gasteiger partial charge is 0.253 e. The first-order chi connectivity index (χ1) is 16.1. The van der Waals surface area contributed by atoms with Crippen LogP contribution in [0.5, 0.6) is 11.5 Å². The molecule has 3 aromatic rings. The highest BCUT2D eigenvalue weighted by Gasteiger charge is 2.23. The van der Waals surface area contributed by atoms with Crippen molar-refractivity contribution in [3.05, 3.63) is 59.2 Å². The Morgan fingerprint density at radius 1 is 1.12 bits per heavy atom. The third-order valence-electron chi connectivity index (χ3n) is 5.51. The van der Waals surface area contributed by atoms with Gasteiger partial charge in [-0.05, 0) is 49.2 Å². The van der Waals surface area contributed by atoms with Crippen LogP contribution in [0.3, 0.4) is 0 Å². The summed E-state index contributed by atoms with van der Waals surface area (Å²) in [5.41, 5.74) is 1.82. The first kappa shape index (κ1) is 21.3. The number of carbonyl (C=O) groups excluding carboxylic acids is 1. The Morgan fingerprint density at radius 2 is 1.97 bits per heavy atom. The molecule has 1 saturated heterocycles. The van der Waals surface area contributed by atoms with E-state index in [9.17, 15) is 9.90 Å². The number of ether oxygens (including phenoxy) is 2. The summed E-state index contributed by atoms with van der Waals surface area (Å²) >= 11 is 6.34. The van der Waals surface area contributed by atoms with Gasteiger partial charge in [0.2, 0.25) is 12.7 Å². The van der Waals surface area contributed by atoms with Gasteiger partial charge in [0.25, 0.3) is 5.91 Å². The quantitative estimate of drug-likeness (QED) is 0.517. The van der Waals surface area contributed by atoms with Gasteiger partial charge in [-0.25, -0.2) is 4.98 Å². The van der Waals surface area contributed by atoms with Crippen LogP contribution in [0.1, 0.15) is 23.2 Å². The maximum absolute atomic E-state index is 12.8. The molecule has 10 heteroatoms. The summed E-state index contributed by atoms with van der Waals surface area (Å²) in [5, 5.41) is 16.5. The Bertz CT molecular complexity index is 1180. The summed E-state index contributed by atoms with van der Waals surface area (Å²) in [5.74, 6) is 1.95. The second-order valence-corrected chi connectivity index (χ2v) is 8.18. The molecular weight excluding hydrogens is 446 g/mol. The molecule has 0 spiro atoms. The zero-order chi connectivity index (χ0) is 22.8. The van der Waals surface area contributed by atoms with Crippen LogP contribution in [0.4, 0.5) is 23.1 Å². The van der Waals surface area contributed by atoms with Crippen molar-refractivity contribution in [1.82, 2.24) is 14.9 Å². The minimum atomic E-state index is -0.328. The van der Waals surface area contributed by atoms with Crippen LogP contribution in [0, 0.1) is 0 Å². The van der Waals surface area contributed by atoms with E-state index in [1.165, 1.54) is 0 Å². The van der Waals surface area contributed by atoms with Gasteiger partial charge < -0.3 is 30.1 Å². The zero-order valence-corrected chi connectivity index (χ0v) is 18.4. The number of piperidine rings is 1. The molecule has 0 aliphatic carbocycles. The van der Waals surface area contributed by atoms with Gasteiger partial charge in [0.15, 0.2) is 11.5 Å². The number of amides is 1. The predicted molar refractivity (Wildman–Crippen MR) is 124 cm³/mol. The standard InChI is InChI=1S/C23H22ClN5O4/c24-17-4-5-18-21(33-13-32-18)20(17)27-19-6-9-25-23(28-19)26-15-3-1-2-14(12-15)22(31)29-10-7-16(30)8-11-29/h1-6,9,12,16,30H,7-8,10-11,13H2,(H2,25,26,27,28). The summed E-state index contributed by atoms with van der Waals surface area (Å²) in [6, 6.07) is 12.4. The number of rotatable bonds is 5. The Labute approximate surface area is 195 Å². The Balaban J connectivity index is 1.31. The number of nitrogens with zero attached hydrogens (tertiary/aromatic N) is 3. The molecule has 0 radical (unpaired) electrons. The molecule has 2 aliphatic rings. The minimum Gasteiger partial charge on any atom is -0.454 e. The first-order valence-electron chi connectivity index (χ1n) is 10.6. The van der Waals surface area contributed by atoms with Crippen LogP contribution in [0.15, 0.2) is 48.7 Å². The lowest BCUT2D eigenvalue weighted by Crippen LogP contribution is -2.40. The zero-order valence-electron chi connectivity index (χ0n) is 17.6. The molecule has 3 N–H and O–H groups in total. The first-order valence-corrected chi connectivity index (χ1v) is 11.0. The number of aliphatic hydroxyl groups excluding tert-OH is 1. The van der Waals surface area contributed by atoms with Crippen LogP contribution in [0.2, 0.25) is 5.02 Å². The van der Waals surface area contributed by atoms with E-state index in [0.29, 0.717) is 71.2 Å². The highest BCUT2D eigenvalue weighted by Crippen LogP contribution is 2.44. The summed E-state index contributed by atoms with van der Waals surface area (Å²) < 4.78 is 10.9. The number of hydrogen-bond acceptors (Lipinski definition) is 8. The van der Waals surface area contributed by atoms with Crippen molar-refractivity contribution >= 4 is 40.6 Å². The Hall–Kier alpha value is -3.56. The van der Waals surface area contributed by atoms with E-state index in [4.69, 9.17) is 21.1 Å². The van der Waals surface area contributed by atoms with Gasteiger partial charge in [-0.15, -0.1) is 0 Å². The fraction of sp³-hybridized carbons (Fsp3) is 0.261. The number of likely N-dealkylation sites (tertiary alicyclic amines) is 1. The van der Waals surface area contributed by atoms with Crippen molar-refractivity contribution < 1.29 is 19.4 Å². The van der Waals surface area contributed by atoms with Crippen molar-refractivity contribution in [2.75, 3.05) is 30.5 Å². The second kappa shape index (κ2) is 9.13. The van der Waals surface area contributed by atoms with Crippen LogP contribution in [-0.2, 0) is 0 Å². The van der Waals surface area contributed by atoms with Crippen LogP contribution in [0.25, 0.3) is 0 Å². The van der Waals surface area contributed by atoms with Crippen molar-refractivity contribution in [2.45, 2.75) is 18.9 Å². The highest BCUT2D eigenvalue weighted by molar-refractivity contribution is 6.33. The number of anilines is 4. The predicted octanol–water partition coefficient (Wildman–Crippen LogP) is 3.94. The van der Waals surface area contributed by atoms with Crippen molar-refractivity contribution in [3.8, 4) is 11.5 Å². The molecular formula is C23H22ClN5O4. The molecule has 0 unspecified atom stereocenters. The lowest BCUT2D eigenvalue weighted by molar-refractivity contribution is 0.0546. The third kappa shape index (κ3) is 4.64. The normalized spacial score (nSPS) is 15.4. The van der Waals surface area contributed by atoms with E-state index in [-0.39, 0.29) is 18.8 Å². The molecule has 1 amide bonds. The van der Waals surface area contributed by atoms with Crippen molar-refractivity contribution in [2.24, 2.45) is 0 Å². The number of halogens is 1. The van der Waals surface area contributed by atoms with E-state index >= 15 is 0 Å². The number of benzene rings is 2. The van der Waals surface area contributed by atoms with Crippen molar-refractivity contribution in [3.63, 3.8) is 0 Å². The number of carbonyl (C=O) groups is 1. The molecule has 2 aromatic carbocycles. The van der Waals surface area contributed by atoms with Crippen molar-refractivity contribution in [1.29, 1.82) is 0 Å². The SMILES string of the molecule is O=C(c1cccc(Nc2nccc(Nc3c(Cl)ccc4c3OCO4)n2)c1)N1CCC(O)CC1. The molecule has 0 atom stereocenters. The number of aliphatic hydroxyl groups is 1. The fourth-order valence-electron chi connectivity index (χ4n) is 3.79. The number of hydrogen-bond donors (Lipinski definition) is 3. The van der Waals surface area contributed by atoms with Gasteiger partial charge in [0, 0.05) is 30.5 Å². The lowest BCUT2D eigenvalue weighted by Gasteiger charge is -2.29. The topological polar surface area (TPSA) is 109 Å².